The second kappa shape index (κ2) is 6.38. The zero-order chi connectivity index (χ0) is 15.7. The zero-order valence-corrected chi connectivity index (χ0v) is 13.9. The highest BCUT2D eigenvalue weighted by atomic mass is 16.2. The van der Waals surface area contributed by atoms with Crippen molar-refractivity contribution in [3.05, 3.63) is 17.0 Å². The SMILES string of the molecule is CCc1n[nH]c2c1CN(C(=O)[C@@H](C)N1CCN(C)CC1)CC2. The van der Waals surface area contributed by atoms with Crippen molar-refractivity contribution in [2.45, 2.75) is 39.3 Å². The molecule has 0 radical (unpaired) electrons. The standard InChI is InChI=1S/C16H27N5O/c1-4-14-13-11-21(6-5-15(13)18-17-14)16(22)12(2)20-9-7-19(3)8-10-20/h12H,4-11H2,1-3H3,(H,17,18)/t12-/m1/s1. The second-order valence-electron chi connectivity index (χ2n) is 6.51. The number of nitrogens with one attached hydrogen (secondary N) is 1. The van der Waals surface area contributed by atoms with Gasteiger partial charge >= 0.3 is 0 Å². The topological polar surface area (TPSA) is 55.5 Å². The first-order valence-corrected chi connectivity index (χ1v) is 8.36. The average molecular weight is 305 g/mol. The lowest BCUT2D eigenvalue weighted by Crippen LogP contribution is -2.54. The third-order valence-electron chi connectivity index (χ3n) is 5.11. The van der Waals surface area contributed by atoms with Gasteiger partial charge in [-0.1, -0.05) is 6.92 Å². The number of aromatic nitrogens is 2. The van der Waals surface area contributed by atoms with Crippen molar-refractivity contribution in [3.63, 3.8) is 0 Å². The van der Waals surface area contributed by atoms with Crippen LogP contribution < -0.4 is 0 Å². The summed E-state index contributed by atoms with van der Waals surface area (Å²) in [5, 5.41) is 7.50. The van der Waals surface area contributed by atoms with Gasteiger partial charge in [-0.3, -0.25) is 14.8 Å². The summed E-state index contributed by atoms with van der Waals surface area (Å²) in [6, 6.07) is -0.0211. The monoisotopic (exact) mass is 305 g/mol. The van der Waals surface area contributed by atoms with E-state index >= 15 is 0 Å². The maximum absolute atomic E-state index is 12.9. The van der Waals surface area contributed by atoms with Crippen LogP contribution in [0.15, 0.2) is 0 Å². The number of nitrogens with zero attached hydrogens (tertiary/aromatic N) is 4. The van der Waals surface area contributed by atoms with Crippen molar-refractivity contribution < 1.29 is 4.79 Å². The number of rotatable bonds is 3. The molecule has 6 heteroatoms. The Hall–Kier alpha value is -1.40. The van der Waals surface area contributed by atoms with Crippen LogP contribution in [0.1, 0.15) is 30.8 Å². The fraction of sp³-hybridized carbons (Fsp3) is 0.750. The van der Waals surface area contributed by atoms with Gasteiger partial charge in [0.25, 0.3) is 0 Å². The summed E-state index contributed by atoms with van der Waals surface area (Å²) in [6.07, 6.45) is 1.81. The van der Waals surface area contributed by atoms with Crippen LogP contribution in [0, 0.1) is 0 Å². The average Bonchev–Trinajstić information content (AvgIpc) is 2.96. The van der Waals surface area contributed by atoms with Crippen molar-refractivity contribution in [2.24, 2.45) is 0 Å². The van der Waals surface area contributed by atoms with Crippen LogP contribution in [-0.2, 0) is 24.2 Å². The van der Waals surface area contributed by atoms with Crippen molar-refractivity contribution >= 4 is 5.91 Å². The van der Waals surface area contributed by atoms with E-state index in [4.69, 9.17) is 0 Å². The minimum absolute atomic E-state index is 0.0211. The number of aryl methyl sites for hydroxylation is 1. The fourth-order valence-electron chi connectivity index (χ4n) is 3.46. The Morgan fingerprint density at radius 1 is 1.27 bits per heavy atom. The van der Waals surface area contributed by atoms with E-state index in [1.807, 2.05) is 4.90 Å². The molecule has 2 aliphatic rings. The Labute approximate surface area is 132 Å². The fourth-order valence-corrected chi connectivity index (χ4v) is 3.46. The van der Waals surface area contributed by atoms with Gasteiger partial charge in [-0.05, 0) is 20.4 Å². The number of fused-ring (bicyclic) bond motifs is 1. The summed E-state index contributed by atoms with van der Waals surface area (Å²) < 4.78 is 0. The van der Waals surface area contributed by atoms with Gasteiger partial charge in [0.2, 0.25) is 5.91 Å². The highest BCUT2D eigenvalue weighted by Crippen LogP contribution is 2.22. The van der Waals surface area contributed by atoms with Gasteiger partial charge in [0.15, 0.2) is 0 Å². The molecule has 1 atom stereocenters. The lowest BCUT2D eigenvalue weighted by Gasteiger charge is -2.38. The minimum Gasteiger partial charge on any atom is -0.336 e. The van der Waals surface area contributed by atoms with E-state index < -0.39 is 0 Å². The summed E-state index contributed by atoms with van der Waals surface area (Å²) in [4.78, 5) is 19.5. The number of piperazine rings is 1. The van der Waals surface area contributed by atoms with E-state index in [1.165, 1.54) is 11.3 Å². The van der Waals surface area contributed by atoms with Crippen molar-refractivity contribution in [2.75, 3.05) is 39.8 Å². The van der Waals surface area contributed by atoms with Gasteiger partial charge in [0, 0.05) is 56.9 Å². The number of likely N-dealkylation sites (N-methyl/N-ethyl adjacent to an activating group) is 1. The Morgan fingerprint density at radius 3 is 2.68 bits per heavy atom. The molecule has 122 valence electrons. The Bertz CT molecular complexity index is 519. The molecule has 1 fully saturated rings. The molecular formula is C16H27N5O. The minimum atomic E-state index is -0.0211. The number of hydrogen-bond acceptors (Lipinski definition) is 4. The third-order valence-corrected chi connectivity index (χ3v) is 5.11. The van der Waals surface area contributed by atoms with Crippen LogP contribution in [0.5, 0.6) is 0 Å². The molecule has 22 heavy (non-hydrogen) atoms. The molecule has 1 aromatic rings. The smallest absolute Gasteiger partial charge is 0.239 e. The van der Waals surface area contributed by atoms with Crippen molar-refractivity contribution in [3.8, 4) is 0 Å². The molecular weight excluding hydrogens is 278 g/mol. The third kappa shape index (κ3) is 2.90. The number of amides is 1. The van der Waals surface area contributed by atoms with Gasteiger partial charge < -0.3 is 9.80 Å². The molecule has 1 N–H and O–H groups in total. The quantitative estimate of drug-likeness (QED) is 0.883. The van der Waals surface area contributed by atoms with E-state index in [0.717, 1.165) is 51.3 Å². The maximum Gasteiger partial charge on any atom is 0.239 e. The number of H-pyrrole nitrogens is 1. The Morgan fingerprint density at radius 2 is 2.00 bits per heavy atom. The van der Waals surface area contributed by atoms with Crippen LogP contribution in [0.2, 0.25) is 0 Å². The van der Waals surface area contributed by atoms with Gasteiger partial charge in [-0.15, -0.1) is 0 Å². The van der Waals surface area contributed by atoms with Crippen molar-refractivity contribution in [1.82, 2.24) is 24.9 Å². The molecule has 6 nitrogen and oxygen atoms in total. The van der Waals surface area contributed by atoms with Crippen LogP contribution in [0.4, 0.5) is 0 Å². The number of hydrogen-bond donors (Lipinski definition) is 1. The molecule has 0 spiro atoms. The summed E-state index contributed by atoms with van der Waals surface area (Å²) in [6.45, 7) is 9.74. The molecule has 3 heterocycles. The van der Waals surface area contributed by atoms with Crippen LogP contribution >= 0.6 is 0 Å². The first kappa shape index (κ1) is 15.5. The zero-order valence-electron chi connectivity index (χ0n) is 13.9. The molecule has 1 aromatic heterocycles. The summed E-state index contributed by atoms with van der Waals surface area (Å²) >= 11 is 0. The molecule has 1 saturated heterocycles. The lowest BCUT2D eigenvalue weighted by atomic mass is 10.0. The van der Waals surface area contributed by atoms with E-state index in [9.17, 15) is 4.79 Å². The first-order valence-electron chi connectivity index (χ1n) is 8.36. The number of carbonyl (C=O) groups is 1. The van der Waals surface area contributed by atoms with E-state index in [2.05, 4.69) is 40.9 Å². The summed E-state index contributed by atoms with van der Waals surface area (Å²) in [5.74, 6) is 0.262. The Balaban J connectivity index is 1.65. The largest absolute Gasteiger partial charge is 0.336 e. The molecule has 0 aliphatic carbocycles. The molecule has 3 rings (SSSR count). The predicted molar refractivity (Wildman–Crippen MR) is 85.6 cm³/mol. The van der Waals surface area contributed by atoms with Gasteiger partial charge in [-0.2, -0.15) is 5.10 Å². The second-order valence-corrected chi connectivity index (χ2v) is 6.51. The van der Waals surface area contributed by atoms with Crippen LogP contribution in [-0.4, -0.2) is 76.6 Å². The van der Waals surface area contributed by atoms with Gasteiger partial charge in [-0.25, -0.2) is 0 Å². The van der Waals surface area contributed by atoms with E-state index in [0.29, 0.717) is 6.54 Å². The Kier molecular flexibility index (Phi) is 4.49. The van der Waals surface area contributed by atoms with Crippen LogP contribution in [0.25, 0.3) is 0 Å². The normalized spacial score (nSPS) is 21.7. The van der Waals surface area contributed by atoms with E-state index in [-0.39, 0.29) is 11.9 Å². The predicted octanol–water partition coefficient (Wildman–Crippen LogP) is 0.493. The summed E-state index contributed by atoms with van der Waals surface area (Å²) in [7, 11) is 2.14. The highest BCUT2D eigenvalue weighted by molar-refractivity contribution is 5.81. The van der Waals surface area contributed by atoms with Gasteiger partial charge in [0.05, 0.1) is 11.7 Å². The molecule has 0 aromatic carbocycles. The maximum atomic E-state index is 12.9. The molecule has 0 unspecified atom stereocenters. The first-order chi connectivity index (χ1) is 10.6. The van der Waals surface area contributed by atoms with Gasteiger partial charge in [0.1, 0.15) is 0 Å². The lowest BCUT2D eigenvalue weighted by molar-refractivity contribution is -0.138. The molecule has 0 saturated carbocycles. The highest BCUT2D eigenvalue weighted by Gasteiger charge is 2.31. The molecule has 2 aliphatic heterocycles. The molecule has 0 bridgehead atoms. The summed E-state index contributed by atoms with van der Waals surface area (Å²) in [5.41, 5.74) is 3.57. The van der Waals surface area contributed by atoms with Crippen LogP contribution in [0.3, 0.4) is 0 Å². The van der Waals surface area contributed by atoms with E-state index in [1.54, 1.807) is 0 Å². The number of aromatic amines is 1. The van der Waals surface area contributed by atoms with Crippen molar-refractivity contribution in [1.29, 1.82) is 0 Å². The number of carbonyl (C=O) groups excluding carboxylic acids is 1. The molecule has 1 amide bonds.